The Bertz CT molecular complexity index is 329. The summed E-state index contributed by atoms with van der Waals surface area (Å²) < 4.78 is 5.50. The molecule has 0 aliphatic heterocycles. The summed E-state index contributed by atoms with van der Waals surface area (Å²) >= 11 is 11.7. The molecule has 1 aromatic carbocycles. The zero-order chi connectivity index (χ0) is 12.0. The van der Waals surface area contributed by atoms with Crippen molar-refractivity contribution in [2.75, 3.05) is 13.2 Å². The fourth-order valence-corrected chi connectivity index (χ4v) is 1.56. The van der Waals surface area contributed by atoms with Crippen molar-refractivity contribution in [3.05, 3.63) is 33.8 Å². The standard InChI is InChI=1S/C12H17Cl2NO/c1-9(2)15-5-6-16-8-10-3-4-11(13)12(14)7-10/h3-4,7,9,15H,5-6,8H2,1-2H3. The van der Waals surface area contributed by atoms with Gasteiger partial charge in [-0.15, -0.1) is 0 Å². The van der Waals surface area contributed by atoms with Crippen LogP contribution in [-0.4, -0.2) is 19.2 Å². The Morgan fingerprint density at radius 2 is 2.00 bits per heavy atom. The normalized spacial score (nSPS) is 11.1. The molecule has 1 aromatic rings. The molecule has 90 valence electrons. The predicted molar refractivity (Wildman–Crippen MR) is 69.3 cm³/mol. The molecule has 0 aliphatic carbocycles. The van der Waals surface area contributed by atoms with E-state index >= 15 is 0 Å². The Morgan fingerprint density at radius 1 is 1.25 bits per heavy atom. The molecule has 1 rings (SSSR count). The molecule has 0 heterocycles. The summed E-state index contributed by atoms with van der Waals surface area (Å²) in [4.78, 5) is 0. The highest BCUT2D eigenvalue weighted by Crippen LogP contribution is 2.22. The van der Waals surface area contributed by atoms with Crippen LogP contribution in [0.3, 0.4) is 0 Å². The SMILES string of the molecule is CC(C)NCCOCc1ccc(Cl)c(Cl)c1. The first-order valence-electron chi connectivity index (χ1n) is 5.34. The first-order chi connectivity index (χ1) is 7.59. The molecule has 0 amide bonds. The van der Waals surface area contributed by atoms with Crippen LogP contribution in [0.5, 0.6) is 0 Å². The van der Waals surface area contributed by atoms with E-state index < -0.39 is 0 Å². The number of hydrogen-bond donors (Lipinski definition) is 1. The lowest BCUT2D eigenvalue weighted by molar-refractivity contribution is 0.121. The van der Waals surface area contributed by atoms with E-state index in [0.29, 0.717) is 29.3 Å². The fraction of sp³-hybridized carbons (Fsp3) is 0.500. The maximum absolute atomic E-state index is 5.90. The second-order valence-corrected chi connectivity index (χ2v) is 4.72. The van der Waals surface area contributed by atoms with Crippen LogP contribution >= 0.6 is 23.2 Å². The summed E-state index contributed by atoms with van der Waals surface area (Å²) in [5, 5.41) is 4.43. The Balaban J connectivity index is 2.24. The van der Waals surface area contributed by atoms with Crippen molar-refractivity contribution in [2.24, 2.45) is 0 Å². The molecule has 0 aliphatic rings. The van der Waals surface area contributed by atoms with Gasteiger partial charge in [-0.05, 0) is 17.7 Å². The molecular weight excluding hydrogens is 245 g/mol. The first-order valence-corrected chi connectivity index (χ1v) is 6.10. The number of halogens is 2. The maximum Gasteiger partial charge on any atom is 0.0718 e. The largest absolute Gasteiger partial charge is 0.375 e. The van der Waals surface area contributed by atoms with Gasteiger partial charge in [-0.1, -0.05) is 43.1 Å². The number of rotatable bonds is 6. The minimum Gasteiger partial charge on any atom is -0.375 e. The van der Waals surface area contributed by atoms with Gasteiger partial charge in [0.25, 0.3) is 0 Å². The van der Waals surface area contributed by atoms with Gasteiger partial charge in [-0.3, -0.25) is 0 Å². The predicted octanol–water partition coefficient (Wildman–Crippen LogP) is 3.51. The van der Waals surface area contributed by atoms with Gasteiger partial charge in [0.2, 0.25) is 0 Å². The summed E-state index contributed by atoms with van der Waals surface area (Å²) in [6, 6.07) is 6.03. The number of benzene rings is 1. The van der Waals surface area contributed by atoms with Crippen LogP contribution in [0.15, 0.2) is 18.2 Å². The van der Waals surface area contributed by atoms with Crippen molar-refractivity contribution >= 4 is 23.2 Å². The Labute approximate surface area is 107 Å². The molecule has 0 unspecified atom stereocenters. The van der Waals surface area contributed by atoms with Gasteiger partial charge in [0.15, 0.2) is 0 Å². The highest BCUT2D eigenvalue weighted by molar-refractivity contribution is 6.41. The second-order valence-electron chi connectivity index (χ2n) is 3.91. The van der Waals surface area contributed by atoms with E-state index in [9.17, 15) is 0 Å². The van der Waals surface area contributed by atoms with E-state index in [2.05, 4.69) is 19.2 Å². The van der Waals surface area contributed by atoms with Crippen molar-refractivity contribution < 1.29 is 4.74 Å². The quantitative estimate of drug-likeness (QED) is 0.792. The molecule has 4 heteroatoms. The zero-order valence-corrected chi connectivity index (χ0v) is 11.1. The van der Waals surface area contributed by atoms with Crippen molar-refractivity contribution in [2.45, 2.75) is 26.5 Å². The monoisotopic (exact) mass is 261 g/mol. The van der Waals surface area contributed by atoms with E-state index in [-0.39, 0.29) is 0 Å². The Morgan fingerprint density at radius 3 is 2.62 bits per heavy atom. The minimum absolute atomic E-state index is 0.494. The highest BCUT2D eigenvalue weighted by Gasteiger charge is 1.99. The number of nitrogens with one attached hydrogen (secondary N) is 1. The van der Waals surface area contributed by atoms with Crippen molar-refractivity contribution in [1.29, 1.82) is 0 Å². The number of hydrogen-bond acceptors (Lipinski definition) is 2. The average molecular weight is 262 g/mol. The van der Waals surface area contributed by atoms with Crippen LogP contribution < -0.4 is 5.32 Å². The van der Waals surface area contributed by atoms with Gasteiger partial charge >= 0.3 is 0 Å². The van der Waals surface area contributed by atoms with E-state index in [1.54, 1.807) is 6.07 Å². The molecule has 16 heavy (non-hydrogen) atoms. The lowest BCUT2D eigenvalue weighted by Crippen LogP contribution is -2.26. The van der Waals surface area contributed by atoms with Gasteiger partial charge < -0.3 is 10.1 Å². The third-order valence-electron chi connectivity index (χ3n) is 2.05. The van der Waals surface area contributed by atoms with Gasteiger partial charge in [0.05, 0.1) is 23.3 Å². The van der Waals surface area contributed by atoms with Gasteiger partial charge in [-0.25, -0.2) is 0 Å². The fourth-order valence-electron chi connectivity index (χ4n) is 1.24. The molecular formula is C12H17Cl2NO. The van der Waals surface area contributed by atoms with Crippen molar-refractivity contribution in [1.82, 2.24) is 5.32 Å². The van der Waals surface area contributed by atoms with Gasteiger partial charge in [0, 0.05) is 12.6 Å². The smallest absolute Gasteiger partial charge is 0.0718 e. The van der Waals surface area contributed by atoms with E-state index in [1.807, 2.05) is 12.1 Å². The molecule has 0 saturated heterocycles. The van der Waals surface area contributed by atoms with Crippen LogP contribution in [0.4, 0.5) is 0 Å². The van der Waals surface area contributed by atoms with Gasteiger partial charge in [0.1, 0.15) is 0 Å². The molecule has 0 radical (unpaired) electrons. The van der Waals surface area contributed by atoms with E-state index in [1.165, 1.54) is 0 Å². The maximum atomic E-state index is 5.90. The first kappa shape index (κ1) is 13.8. The lowest BCUT2D eigenvalue weighted by Gasteiger charge is -2.09. The second kappa shape index (κ2) is 7.13. The highest BCUT2D eigenvalue weighted by atomic mass is 35.5. The summed E-state index contributed by atoms with van der Waals surface area (Å²) in [5.41, 5.74) is 1.04. The Kier molecular flexibility index (Phi) is 6.14. The third-order valence-corrected chi connectivity index (χ3v) is 2.79. The van der Waals surface area contributed by atoms with Crippen LogP contribution in [0.2, 0.25) is 10.0 Å². The van der Waals surface area contributed by atoms with Crippen molar-refractivity contribution in [3.63, 3.8) is 0 Å². The average Bonchev–Trinajstić information content (AvgIpc) is 2.22. The van der Waals surface area contributed by atoms with Gasteiger partial charge in [-0.2, -0.15) is 0 Å². The van der Waals surface area contributed by atoms with E-state index in [4.69, 9.17) is 27.9 Å². The van der Waals surface area contributed by atoms with Crippen molar-refractivity contribution in [3.8, 4) is 0 Å². The topological polar surface area (TPSA) is 21.3 Å². The lowest BCUT2D eigenvalue weighted by atomic mass is 10.2. The summed E-state index contributed by atoms with van der Waals surface area (Å²) in [5.74, 6) is 0. The molecule has 0 bridgehead atoms. The molecule has 2 nitrogen and oxygen atoms in total. The summed E-state index contributed by atoms with van der Waals surface area (Å²) in [6.45, 7) is 6.34. The van der Waals surface area contributed by atoms with Crippen LogP contribution in [-0.2, 0) is 11.3 Å². The summed E-state index contributed by atoms with van der Waals surface area (Å²) in [7, 11) is 0. The Hall–Kier alpha value is -0.280. The molecule has 0 saturated carbocycles. The van der Waals surface area contributed by atoms with E-state index in [0.717, 1.165) is 12.1 Å². The molecule has 0 fully saturated rings. The number of ether oxygens (including phenoxy) is 1. The molecule has 0 aromatic heterocycles. The minimum atomic E-state index is 0.494. The summed E-state index contributed by atoms with van der Waals surface area (Å²) in [6.07, 6.45) is 0. The third kappa shape index (κ3) is 5.17. The van der Waals surface area contributed by atoms with Crippen LogP contribution in [0.25, 0.3) is 0 Å². The zero-order valence-electron chi connectivity index (χ0n) is 9.59. The van der Waals surface area contributed by atoms with Crippen LogP contribution in [0.1, 0.15) is 19.4 Å². The molecule has 0 atom stereocenters. The molecule has 0 spiro atoms. The molecule has 1 N–H and O–H groups in total. The van der Waals surface area contributed by atoms with Crippen LogP contribution in [0, 0.1) is 0 Å².